The van der Waals surface area contributed by atoms with Gasteiger partial charge in [-0.05, 0) is 41.9 Å². The molecule has 0 saturated heterocycles. The predicted molar refractivity (Wildman–Crippen MR) is 81.2 cm³/mol. The van der Waals surface area contributed by atoms with Crippen molar-refractivity contribution in [2.75, 3.05) is 26.1 Å². The summed E-state index contributed by atoms with van der Waals surface area (Å²) in [6.07, 6.45) is -0.354. The lowest BCUT2D eigenvalue weighted by atomic mass is 10.2. The fourth-order valence-corrected chi connectivity index (χ4v) is 2.70. The van der Waals surface area contributed by atoms with Crippen molar-refractivity contribution in [3.8, 4) is 5.75 Å². The first-order chi connectivity index (χ1) is 9.03. The Labute approximate surface area is 127 Å². The molecule has 1 N–H and O–H groups in total. The summed E-state index contributed by atoms with van der Waals surface area (Å²) in [5.41, 5.74) is 0.799. The summed E-state index contributed by atoms with van der Waals surface area (Å²) in [7, 11) is 3.20. The first-order valence-electron chi connectivity index (χ1n) is 5.97. The molecule has 0 amide bonds. The van der Waals surface area contributed by atoms with Crippen LogP contribution >= 0.6 is 27.5 Å². The quantitative estimate of drug-likeness (QED) is 0.755. The lowest BCUT2D eigenvalue weighted by Crippen LogP contribution is -2.33. The summed E-state index contributed by atoms with van der Waals surface area (Å²) in [5, 5.41) is 3.91. The van der Waals surface area contributed by atoms with Gasteiger partial charge in [-0.1, -0.05) is 11.6 Å². The molecule has 0 aliphatic heterocycles. The maximum absolute atomic E-state index is 6.06. The van der Waals surface area contributed by atoms with Gasteiger partial charge in [-0.2, -0.15) is 0 Å². The molecule has 0 saturated carbocycles. The number of ether oxygens (including phenoxy) is 3. The molecule has 108 valence electrons. The molecule has 1 unspecified atom stereocenters. The van der Waals surface area contributed by atoms with Crippen molar-refractivity contribution in [3.63, 3.8) is 0 Å². The van der Waals surface area contributed by atoms with E-state index in [-0.39, 0.29) is 12.3 Å². The first kappa shape index (κ1) is 16.6. The summed E-state index contributed by atoms with van der Waals surface area (Å²) < 4.78 is 16.9. The molecule has 6 heteroatoms. The van der Waals surface area contributed by atoms with E-state index in [2.05, 4.69) is 21.2 Å². The van der Waals surface area contributed by atoms with Crippen LogP contribution in [0.2, 0.25) is 5.02 Å². The van der Waals surface area contributed by atoms with E-state index in [1.54, 1.807) is 20.3 Å². The summed E-state index contributed by atoms with van der Waals surface area (Å²) in [6, 6.07) is 3.56. The topological polar surface area (TPSA) is 39.7 Å². The van der Waals surface area contributed by atoms with Gasteiger partial charge in [0.1, 0.15) is 0 Å². The van der Waals surface area contributed by atoms with E-state index in [0.29, 0.717) is 11.6 Å². The molecule has 0 aromatic heterocycles. The Bertz CT molecular complexity index is 413. The van der Waals surface area contributed by atoms with Crippen LogP contribution in [0.25, 0.3) is 0 Å². The number of halogens is 2. The molecule has 0 radical (unpaired) electrons. The zero-order chi connectivity index (χ0) is 14.4. The molecule has 0 bridgehead atoms. The standard InChI is InChI=1S/C13H19BrClNO3/c1-5-19-12-10(14)6-9(15)7-11(12)16-8(2)13(17-3)18-4/h6-8,13,16H,5H2,1-4H3. The second-order valence-electron chi connectivity index (χ2n) is 3.97. The minimum atomic E-state index is -0.354. The van der Waals surface area contributed by atoms with Crippen LogP contribution in [-0.4, -0.2) is 33.2 Å². The fraction of sp³-hybridized carbons (Fsp3) is 0.538. The smallest absolute Gasteiger partial charge is 0.176 e. The first-order valence-corrected chi connectivity index (χ1v) is 7.14. The number of anilines is 1. The zero-order valence-corrected chi connectivity index (χ0v) is 13.8. The van der Waals surface area contributed by atoms with E-state index in [9.17, 15) is 0 Å². The second-order valence-corrected chi connectivity index (χ2v) is 5.26. The third kappa shape index (κ3) is 4.53. The zero-order valence-electron chi connectivity index (χ0n) is 11.5. The van der Waals surface area contributed by atoms with Crippen molar-refractivity contribution in [1.29, 1.82) is 0 Å². The molecule has 0 fully saturated rings. The molecule has 19 heavy (non-hydrogen) atoms. The number of methoxy groups -OCH3 is 2. The molecular weight excluding hydrogens is 334 g/mol. The highest BCUT2D eigenvalue weighted by atomic mass is 79.9. The lowest BCUT2D eigenvalue weighted by molar-refractivity contribution is -0.109. The van der Waals surface area contributed by atoms with E-state index >= 15 is 0 Å². The third-order valence-electron chi connectivity index (χ3n) is 2.55. The van der Waals surface area contributed by atoms with Gasteiger partial charge in [0.15, 0.2) is 12.0 Å². The normalized spacial score (nSPS) is 12.6. The van der Waals surface area contributed by atoms with E-state index < -0.39 is 0 Å². The Morgan fingerprint density at radius 1 is 1.32 bits per heavy atom. The summed E-state index contributed by atoms with van der Waals surface area (Å²) in [6.45, 7) is 4.46. The molecule has 0 aliphatic carbocycles. The average molecular weight is 353 g/mol. The Morgan fingerprint density at radius 2 is 1.95 bits per heavy atom. The van der Waals surface area contributed by atoms with Crippen molar-refractivity contribution in [3.05, 3.63) is 21.6 Å². The SMILES string of the molecule is CCOc1c(Br)cc(Cl)cc1NC(C)C(OC)OC. The molecular formula is C13H19BrClNO3. The summed E-state index contributed by atoms with van der Waals surface area (Å²) in [4.78, 5) is 0. The molecule has 0 aliphatic rings. The largest absolute Gasteiger partial charge is 0.491 e. The van der Waals surface area contributed by atoms with Crippen LogP contribution in [-0.2, 0) is 9.47 Å². The van der Waals surface area contributed by atoms with Crippen LogP contribution in [0.5, 0.6) is 5.75 Å². The Kier molecular flexibility index (Phi) is 6.93. The average Bonchev–Trinajstić information content (AvgIpc) is 2.35. The molecule has 0 spiro atoms. The minimum Gasteiger partial charge on any atom is -0.491 e. The molecule has 0 heterocycles. The fourth-order valence-electron chi connectivity index (χ4n) is 1.78. The maximum atomic E-state index is 6.06. The maximum Gasteiger partial charge on any atom is 0.176 e. The van der Waals surface area contributed by atoms with Gasteiger partial charge in [-0.15, -0.1) is 0 Å². The Morgan fingerprint density at radius 3 is 2.47 bits per heavy atom. The van der Waals surface area contributed by atoms with Crippen LogP contribution in [0.1, 0.15) is 13.8 Å². The highest BCUT2D eigenvalue weighted by Crippen LogP contribution is 2.37. The Balaban J connectivity index is 2.98. The van der Waals surface area contributed by atoms with Crippen molar-refractivity contribution >= 4 is 33.2 Å². The van der Waals surface area contributed by atoms with Gasteiger partial charge in [0.25, 0.3) is 0 Å². The predicted octanol–water partition coefficient (Wildman–Crippen LogP) is 3.92. The number of nitrogens with one attached hydrogen (secondary N) is 1. The molecule has 1 aromatic rings. The van der Waals surface area contributed by atoms with Crippen LogP contribution in [0.15, 0.2) is 16.6 Å². The van der Waals surface area contributed by atoms with Crippen LogP contribution in [0, 0.1) is 0 Å². The summed E-state index contributed by atoms with van der Waals surface area (Å²) in [5.74, 6) is 0.727. The summed E-state index contributed by atoms with van der Waals surface area (Å²) >= 11 is 9.51. The second kappa shape index (κ2) is 7.94. The number of benzene rings is 1. The number of hydrogen-bond donors (Lipinski definition) is 1. The lowest BCUT2D eigenvalue weighted by Gasteiger charge is -2.24. The van der Waals surface area contributed by atoms with Crippen molar-refractivity contribution in [1.82, 2.24) is 0 Å². The Hall–Kier alpha value is -0.490. The van der Waals surface area contributed by atoms with Gasteiger partial charge < -0.3 is 19.5 Å². The van der Waals surface area contributed by atoms with Crippen molar-refractivity contribution < 1.29 is 14.2 Å². The van der Waals surface area contributed by atoms with E-state index in [1.807, 2.05) is 19.9 Å². The van der Waals surface area contributed by atoms with E-state index in [0.717, 1.165) is 15.9 Å². The van der Waals surface area contributed by atoms with Gasteiger partial charge in [-0.3, -0.25) is 0 Å². The monoisotopic (exact) mass is 351 g/mol. The molecule has 4 nitrogen and oxygen atoms in total. The number of hydrogen-bond acceptors (Lipinski definition) is 4. The molecule has 1 atom stereocenters. The molecule has 1 rings (SSSR count). The van der Waals surface area contributed by atoms with Crippen molar-refractivity contribution in [2.24, 2.45) is 0 Å². The molecule has 1 aromatic carbocycles. The number of rotatable bonds is 7. The van der Waals surface area contributed by atoms with Crippen molar-refractivity contribution in [2.45, 2.75) is 26.2 Å². The third-order valence-corrected chi connectivity index (χ3v) is 3.36. The van der Waals surface area contributed by atoms with Gasteiger partial charge in [0.05, 0.1) is 22.8 Å². The van der Waals surface area contributed by atoms with E-state index in [1.165, 1.54) is 0 Å². The highest BCUT2D eigenvalue weighted by molar-refractivity contribution is 9.10. The van der Waals surface area contributed by atoms with Crippen LogP contribution < -0.4 is 10.1 Å². The van der Waals surface area contributed by atoms with Gasteiger partial charge >= 0.3 is 0 Å². The van der Waals surface area contributed by atoms with Gasteiger partial charge in [0.2, 0.25) is 0 Å². The van der Waals surface area contributed by atoms with E-state index in [4.69, 9.17) is 25.8 Å². The van der Waals surface area contributed by atoms with Gasteiger partial charge in [0, 0.05) is 19.2 Å². The highest BCUT2D eigenvalue weighted by Gasteiger charge is 2.18. The van der Waals surface area contributed by atoms with Gasteiger partial charge in [-0.25, -0.2) is 0 Å². The van der Waals surface area contributed by atoms with Crippen LogP contribution in [0.4, 0.5) is 5.69 Å². The minimum absolute atomic E-state index is 0.0560. The van der Waals surface area contributed by atoms with Crippen LogP contribution in [0.3, 0.4) is 0 Å².